The minimum atomic E-state index is -3.35. The van der Waals surface area contributed by atoms with Gasteiger partial charge >= 0.3 is 0 Å². The topological polar surface area (TPSA) is 138 Å². The molecule has 186 valence electrons. The average molecular weight is 517 g/mol. The van der Waals surface area contributed by atoms with E-state index in [0.29, 0.717) is 23.5 Å². The van der Waals surface area contributed by atoms with Crippen molar-refractivity contribution in [2.24, 2.45) is 22.7 Å². The predicted octanol–water partition coefficient (Wildman–Crippen LogP) is 3.98. The fraction of sp³-hybridized carbons (Fsp3) is 0.500. The molecule has 2 aromatic rings. The molecule has 1 aliphatic carbocycles. The zero-order valence-corrected chi connectivity index (χ0v) is 21.6. The predicted molar refractivity (Wildman–Crippen MR) is 133 cm³/mol. The summed E-state index contributed by atoms with van der Waals surface area (Å²) < 4.78 is 24.1. The van der Waals surface area contributed by atoms with E-state index >= 15 is 0 Å². The molecule has 0 radical (unpaired) electrons. The first kappa shape index (κ1) is 26.7. The van der Waals surface area contributed by atoms with Crippen LogP contribution in [0.3, 0.4) is 0 Å². The van der Waals surface area contributed by atoms with Crippen LogP contribution in [0.5, 0.6) is 0 Å². The van der Waals surface area contributed by atoms with Gasteiger partial charge in [0.15, 0.2) is 15.7 Å². The molecule has 11 heteroatoms. The third-order valence-corrected chi connectivity index (χ3v) is 8.19. The van der Waals surface area contributed by atoms with Crippen molar-refractivity contribution in [2.75, 3.05) is 5.75 Å². The van der Waals surface area contributed by atoms with Gasteiger partial charge in [0, 0.05) is 18.0 Å². The maximum Gasteiger partial charge on any atom is 0.222 e. The van der Waals surface area contributed by atoms with Crippen molar-refractivity contribution in [1.29, 1.82) is 5.26 Å². The van der Waals surface area contributed by atoms with Crippen molar-refractivity contribution in [3.8, 4) is 6.07 Å². The number of Topliss-reactive ketones (excluding diaryl/α,β-unsaturated/α-hetero) is 1. The lowest BCUT2D eigenvalue weighted by molar-refractivity contribution is -0.116. The van der Waals surface area contributed by atoms with Gasteiger partial charge in [0.25, 0.3) is 0 Å². The van der Waals surface area contributed by atoms with Crippen molar-refractivity contribution in [1.82, 2.24) is 20.3 Å². The summed E-state index contributed by atoms with van der Waals surface area (Å²) >= 11 is 5.85. The third kappa shape index (κ3) is 6.83. The highest BCUT2D eigenvalue weighted by atomic mass is 35.5. The Kier molecular flexibility index (Phi) is 8.92. The molecule has 3 rings (SSSR count). The second kappa shape index (κ2) is 11.7. The number of ketones is 1. The summed E-state index contributed by atoms with van der Waals surface area (Å²) in [4.78, 5) is 30.4. The maximum absolute atomic E-state index is 13.4. The van der Waals surface area contributed by atoms with Crippen molar-refractivity contribution < 1.29 is 13.2 Å². The Morgan fingerprint density at radius 3 is 2.71 bits per heavy atom. The van der Waals surface area contributed by atoms with Crippen LogP contribution in [-0.2, 0) is 21.2 Å². The van der Waals surface area contributed by atoms with Crippen LogP contribution in [0.25, 0.3) is 0 Å². The third-order valence-electron chi connectivity index (χ3n) is 6.29. The van der Waals surface area contributed by atoms with Crippen LogP contribution < -0.4 is 5.32 Å². The molecule has 0 amide bonds. The number of amidine groups is 1. The van der Waals surface area contributed by atoms with E-state index in [-0.39, 0.29) is 51.8 Å². The highest BCUT2D eigenvalue weighted by molar-refractivity contribution is 7.91. The fourth-order valence-electron chi connectivity index (χ4n) is 4.17. The molecule has 9 nitrogen and oxygen atoms in total. The molecule has 1 N–H and O–H groups in total. The normalized spacial score (nSPS) is 19.2. The molecule has 0 aliphatic heterocycles. The molecule has 1 fully saturated rings. The number of nitriles is 1. The zero-order chi connectivity index (χ0) is 25.6. The summed E-state index contributed by atoms with van der Waals surface area (Å²) in [5, 5.41) is 12.6. The number of rotatable bonds is 9. The van der Waals surface area contributed by atoms with E-state index in [1.807, 2.05) is 6.92 Å². The Balaban J connectivity index is 1.82. The molecule has 0 saturated heterocycles. The van der Waals surface area contributed by atoms with Crippen LogP contribution >= 0.6 is 11.6 Å². The number of carbonyl (C=O) groups is 1. The second-order valence-corrected chi connectivity index (χ2v) is 11.4. The SMILES string of the molecule is CCS(=O)(=O)c1ccc(CN/C(=N/c2cnc(Cl)nc2C)C(=O)C(C)C[C@H]2CCCC2C#N)nc1. The van der Waals surface area contributed by atoms with Gasteiger partial charge in [-0.3, -0.25) is 9.78 Å². The second-order valence-electron chi connectivity index (χ2n) is 8.74. The summed E-state index contributed by atoms with van der Waals surface area (Å²) in [6.45, 7) is 5.32. The van der Waals surface area contributed by atoms with Gasteiger partial charge in [0.2, 0.25) is 11.1 Å². The van der Waals surface area contributed by atoms with Gasteiger partial charge < -0.3 is 5.32 Å². The van der Waals surface area contributed by atoms with E-state index in [2.05, 4.69) is 31.3 Å². The molecule has 1 aliphatic rings. The van der Waals surface area contributed by atoms with E-state index in [0.717, 1.165) is 19.3 Å². The summed E-state index contributed by atoms with van der Waals surface area (Å²) in [5.74, 6) is -0.244. The molecule has 0 bridgehead atoms. The number of aliphatic imine (C=N–C) groups is 1. The van der Waals surface area contributed by atoms with Crippen molar-refractivity contribution in [3.63, 3.8) is 0 Å². The summed E-state index contributed by atoms with van der Waals surface area (Å²) in [6, 6.07) is 5.48. The quantitative estimate of drug-likeness (QED) is 0.300. The first-order valence-electron chi connectivity index (χ1n) is 11.6. The first-order valence-corrected chi connectivity index (χ1v) is 13.6. The average Bonchev–Trinajstić information content (AvgIpc) is 3.29. The van der Waals surface area contributed by atoms with Gasteiger partial charge in [0.05, 0.1) is 40.8 Å². The van der Waals surface area contributed by atoms with Gasteiger partial charge in [-0.15, -0.1) is 0 Å². The van der Waals surface area contributed by atoms with Crippen LogP contribution in [0.2, 0.25) is 5.28 Å². The number of aromatic nitrogens is 3. The number of carbonyl (C=O) groups excluding carboxylic acids is 1. The number of halogens is 1. The lowest BCUT2D eigenvalue weighted by Crippen LogP contribution is -2.35. The number of pyridine rings is 1. The highest BCUT2D eigenvalue weighted by Gasteiger charge is 2.31. The van der Waals surface area contributed by atoms with Crippen LogP contribution in [0.4, 0.5) is 5.69 Å². The van der Waals surface area contributed by atoms with Crippen LogP contribution in [0.1, 0.15) is 50.9 Å². The molecule has 1 saturated carbocycles. The lowest BCUT2D eigenvalue weighted by atomic mass is 9.86. The molecule has 2 unspecified atom stereocenters. The maximum atomic E-state index is 13.4. The monoisotopic (exact) mass is 516 g/mol. The lowest BCUT2D eigenvalue weighted by Gasteiger charge is -2.19. The Hall–Kier alpha value is -2.90. The number of hydrogen-bond acceptors (Lipinski definition) is 8. The van der Waals surface area contributed by atoms with E-state index in [1.165, 1.54) is 18.5 Å². The van der Waals surface area contributed by atoms with Crippen molar-refractivity contribution in [2.45, 2.75) is 57.9 Å². The Morgan fingerprint density at radius 2 is 2.09 bits per heavy atom. The Morgan fingerprint density at radius 1 is 1.31 bits per heavy atom. The smallest absolute Gasteiger partial charge is 0.222 e. The molecular formula is C24H29ClN6O3S. The minimum Gasteiger partial charge on any atom is -0.361 e. The summed E-state index contributed by atoms with van der Waals surface area (Å²) in [5.41, 5.74) is 1.49. The highest BCUT2D eigenvalue weighted by Crippen LogP contribution is 2.36. The minimum absolute atomic E-state index is 0.00829. The van der Waals surface area contributed by atoms with Crippen LogP contribution in [-0.4, -0.2) is 40.7 Å². The van der Waals surface area contributed by atoms with Crippen LogP contribution in [0.15, 0.2) is 34.4 Å². The molecule has 0 aromatic carbocycles. The molecule has 3 atom stereocenters. The number of aryl methyl sites for hydroxylation is 1. The fourth-order valence-corrected chi connectivity index (χ4v) is 5.17. The van der Waals surface area contributed by atoms with E-state index < -0.39 is 9.84 Å². The van der Waals surface area contributed by atoms with Gasteiger partial charge in [-0.25, -0.2) is 23.4 Å². The first-order chi connectivity index (χ1) is 16.6. The van der Waals surface area contributed by atoms with E-state index in [9.17, 15) is 18.5 Å². The van der Waals surface area contributed by atoms with Crippen molar-refractivity contribution >= 4 is 38.7 Å². The zero-order valence-electron chi connectivity index (χ0n) is 20.0. The van der Waals surface area contributed by atoms with Crippen molar-refractivity contribution in [3.05, 3.63) is 41.2 Å². The van der Waals surface area contributed by atoms with Gasteiger partial charge in [-0.1, -0.05) is 20.3 Å². The standard InChI is InChI=1S/C24H29ClN6O3S/c1-4-35(33,34)20-9-8-19(27-13-20)12-28-23(31-21-14-29-24(25)30-16(21)3)22(32)15(2)10-17-6-5-7-18(17)11-26/h8-9,13-15,17-18H,4-7,10,12H2,1-3H3,(H,28,31)/t15?,17-,18?/m1/s1. The molecular weight excluding hydrogens is 488 g/mol. The van der Waals surface area contributed by atoms with E-state index in [1.54, 1.807) is 19.9 Å². The summed E-state index contributed by atoms with van der Waals surface area (Å²) in [6.07, 6.45) is 6.19. The number of nitrogens with one attached hydrogen (secondary N) is 1. The molecule has 0 spiro atoms. The van der Waals surface area contributed by atoms with Gasteiger partial charge in [-0.2, -0.15) is 5.26 Å². The van der Waals surface area contributed by atoms with Gasteiger partial charge in [0.1, 0.15) is 5.69 Å². The van der Waals surface area contributed by atoms with E-state index in [4.69, 9.17) is 11.6 Å². The summed E-state index contributed by atoms with van der Waals surface area (Å²) in [7, 11) is -3.35. The van der Waals surface area contributed by atoms with Crippen LogP contribution in [0, 0.1) is 36.0 Å². The Labute approximate surface area is 211 Å². The number of hydrogen-bond donors (Lipinski definition) is 1. The molecule has 35 heavy (non-hydrogen) atoms. The van der Waals surface area contributed by atoms with Gasteiger partial charge in [-0.05, 0) is 55.8 Å². The largest absolute Gasteiger partial charge is 0.361 e. The number of nitrogens with zero attached hydrogens (tertiary/aromatic N) is 5. The Bertz CT molecular complexity index is 1240. The molecule has 2 aromatic heterocycles. The number of sulfone groups is 1. The molecule has 2 heterocycles.